The molecule has 0 radical (unpaired) electrons. The molecule has 2 rings (SSSR count). The van der Waals surface area contributed by atoms with E-state index in [2.05, 4.69) is 40.0 Å². The van der Waals surface area contributed by atoms with Gasteiger partial charge in [0.2, 0.25) is 0 Å². The van der Waals surface area contributed by atoms with E-state index in [1.165, 1.54) is 24.0 Å². The molecule has 2 N–H and O–H groups in total. The van der Waals surface area contributed by atoms with Gasteiger partial charge in [-0.25, -0.2) is 8.42 Å². The van der Waals surface area contributed by atoms with Crippen LogP contribution in [0.1, 0.15) is 37.6 Å². The van der Waals surface area contributed by atoms with E-state index >= 15 is 0 Å². The van der Waals surface area contributed by atoms with Crippen LogP contribution in [0, 0.1) is 5.92 Å². The Hall–Kier alpha value is -0.430. The van der Waals surface area contributed by atoms with Crippen molar-refractivity contribution in [2.45, 2.75) is 32.7 Å². The summed E-state index contributed by atoms with van der Waals surface area (Å²) in [6.07, 6.45) is 3.71. The van der Waals surface area contributed by atoms with Crippen LogP contribution in [0.15, 0.2) is 22.5 Å². The van der Waals surface area contributed by atoms with Crippen molar-refractivity contribution in [3.63, 3.8) is 0 Å². The fourth-order valence-electron chi connectivity index (χ4n) is 3.28. The molecular weight excluding hydrogens is 535 g/mol. The van der Waals surface area contributed by atoms with Gasteiger partial charge in [-0.15, -0.1) is 35.3 Å². The molecule has 2 heterocycles. The van der Waals surface area contributed by atoms with Crippen LogP contribution in [-0.2, 0) is 14.6 Å². The van der Waals surface area contributed by atoms with E-state index in [4.69, 9.17) is 9.73 Å². The molecule has 0 bridgehead atoms. The third kappa shape index (κ3) is 10.7. The predicted molar refractivity (Wildman–Crippen MR) is 137 cm³/mol. The molecule has 0 saturated carbocycles. The van der Waals surface area contributed by atoms with Gasteiger partial charge in [0.25, 0.3) is 0 Å². The summed E-state index contributed by atoms with van der Waals surface area (Å²) < 4.78 is 27.6. The van der Waals surface area contributed by atoms with Gasteiger partial charge in [0.15, 0.2) is 5.96 Å². The van der Waals surface area contributed by atoms with Crippen LogP contribution in [0.2, 0.25) is 0 Å². The Morgan fingerprint density at radius 1 is 1.33 bits per heavy atom. The standard InChI is InChI=1S/C20H36N4O3S2.HI/c1-4-21-20(22-9-12-27-13-15-29(3,25)26)23-16-18(19-6-5-14-28-19)24-10-7-17(2)8-11-24;/h5-6,14,17-18H,4,7-13,15-16H2,1-3H3,(H2,21,22,23);1H. The van der Waals surface area contributed by atoms with Crippen molar-refractivity contribution < 1.29 is 13.2 Å². The fraction of sp³-hybridized carbons (Fsp3) is 0.750. The molecule has 7 nitrogen and oxygen atoms in total. The molecule has 0 spiro atoms. The number of likely N-dealkylation sites (tertiary alicyclic amines) is 1. The van der Waals surface area contributed by atoms with Gasteiger partial charge in [-0.3, -0.25) is 9.89 Å². The zero-order valence-electron chi connectivity index (χ0n) is 18.3. The Morgan fingerprint density at radius 2 is 2.07 bits per heavy atom. The van der Waals surface area contributed by atoms with Gasteiger partial charge in [-0.2, -0.15) is 0 Å². The number of ether oxygens (including phenoxy) is 1. The molecule has 1 fully saturated rings. The van der Waals surface area contributed by atoms with Crippen molar-refractivity contribution in [3.05, 3.63) is 22.4 Å². The molecule has 1 aromatic heterocycles. The van der Waals surface area contributed by atoms with Crippen molar-refractivity contribution in [1.82, 2.24) is 15.5 Å². The quantitative estimate of drug-likeness (QED) is 0.184. The first kappa shape index (κ1) is 27.6. The van der Waals surface area contributed by atoms with E-state index in [1.807, 2.05) is 6.92 Å². The summed E-state index contributed by atoms with van der Waals surface area (Å²) >= 11 is 1.80. The molecule has 1 saturated heterocycles. The van der Waals surface area contributed by atoms with Crippen molar-refractivity contribution in [3.8, 4) is 0 Å². The lowest BCUT2D eigenvalue weighted by Crippen LogP contribution is -2.41. The Labute approximate surface area is 203 Å². The summed E-state index contributed by atoms with van der Waals surface area (Å²) in [6.45, 7) is 9.36. The van der Waals surface area contributed by atoms with Crippen LogP contribution in [0.3, 0.4) is 0 Å². The van der Waals surface area contributed by atoms with Crippen LogP contribution < -0.4 is 10.6 Å². The van der Waals surface area contributed by atoms with Crippen LogP contribution in [0.4, 0.5) is 0 Å². The van der Waals surface area contributed by atoms with Gasteiger partial charge in [0.05, 0.1) is 31.6 Å². The fourth-order valence-corrected chi connectivity index (χ4v) is 4.55. The van der Waals surface area contributed by atoms with Crippen LogP contribution in [0.5, 0.6) is 0 Å². The van der Waals surface area contributed by atoms with Crippen molar-refractivity contribution >= 4 is 51.1 Å². The molecular formula is C20H37IN4O3S2. The summed E-state index contributed by atoms with van der Waals surface area (Å²) in [5, 5.41) is 8.69. The second kappa shape index (κ2) is 14.6. The molecule has 10 heteroatoms. The first-order valence-electron chi connectivity index (χ1n) is 10.4. The number of hydrogen-bond acceptors (Lipinski definition) is 6. The van der Waals surface area contributed by atoms with Gasteiger partial charge in [0, 0.05) is 24.2 Å². The van der Waals surface area contributed by atoms with Crippen molar-refractivity contribution in [2.75, 3.05) is 57.9 Å². The molecule has 0 aliphatic carbocycles. The summed E-state index contributed by atoms with van der Waals surface area (Å²) in [5.74, 6) is 1.63. The number of nitrogens with zero attached hydrogens (tertiary/aromatic N) is 2. The van der Waals surface area contributed by atoms with Gasteiger partial charge < -0.3 is 15.4 Å². The average molecular weight is 573 g/mol. The van der Waals surface area contributed by atoms with E-state index in [0.29, 0.717) is 25.7 Å². The van der Waals surface area contributed by atoms with E-state index in [-0.39, 0.29) is 36.3 Å². The smallest absolute Gasteiger partial charge is 0.191 e. The van der Waals surface area contributed by atoms with E-state index < -0.39 is 9.84 Å². The van der Waals surface area contributed by atoms with Crippen LogP contribution in [-0.4, -0.2) is 77.2 Å². The molecule has 1 aromatic rings. The lowest BCUT2D eigenvalue weighted by Gasteiger charge is -2.35. The molecule has 174 valence electrons. The largest absolute Gasteiger partial charge is 0.379 e. The Balaban J connectivity index is 0.00000450. The number of hydrogen-bond donors (Lipinski definition) is 2. The van der Waals surface area contributed by atoms with E-state index in [9.17, 15) is 8.42 Å². The van der Waals surface area contributed by atoms with E-state index in [1.54, 1.807) is 11.3 Å². The highest BCUT2D eigenvalue weighted by Crippen LogP contribution is 2.29. The highest BCUT2D eigenvalue weighted by atomic mass is 127. The van der Waals surface area contributed by atoms with Gasteiger partial charge >= 0.3 is 0 Å². The molecule has 1 unspecified atom stereocenters. The summed E-state index contributed by atoms with van der Waals surface area (Å²) in [4.78, 5) is 8.76. The third-order valence-corrected chi connectivity index (χ3v) is 6.92. The third-order valence-electron chi connectivity index (χ3n) is 5.03. The number of nitrogens with one attached hydrogen (secondary N) is 2. The maximum absolute atomic E-state index is 11.1. The first-order valence-corrected chi connectivity index (χ1v) is 13.4. The predicted octanol–water partition coefficient (Wildman–Crippen LogP) is 2.76. The number of halogens is 1. The van der Waals surface area contributed by atoms with Crippen molar-refractivity contribution in [2.24, 2.45) is 10.9 Å². The Bertz CT molecular complexity index is 706. The normalized spacial score (nSPS) is 17.4. The maximum atomic E-state index is 11.1. The minimum absolute atomic E-state index is 0. The topological polar surface area (TPSA) is 83.0 Å². The number of rotatable bonds is 11. The minimum Gasteiger partial charge on any atom is -0.379 e. The Kier molecular flexibility index (Phi) is 13.4. The monoisotopic (exact) mass is 572 g/mol. The van der Waals surface area contributed by atoms with Crippen LogP contribution >= 0.6 is 35.3 Å². The number of guanidine groups is 1. The summed E-state index contributed by atoms with van der Waals surface area (Å²) in [6, 6.07) is 4.63. The number of piperidine rings is 1. The minimum atomic E-state index is -2.98. The zero-order chi connectivity index (χ0) is 21.1. The molecule has 1 aliphatic rings. The number of sulfone groups is 1. The molecule has 1 aliphatic heterocycles. The van der Waals surface area contributed by atoms with Crippen molar-refractivity contribution in [1.29, 1.82) is 0 Å². The van der Waals surface area contributed by atoms with Gasteiger partial charge in [-0.05, 0) is 50.2 Å². The highest BCUT2D eigenvalue weighted by molar-refractivity contribution is 14.0. The second-order valence-corrected chi connectivity index (χ2v) is 10.9. The summed E-state index contributed by atoms with van der Waals surface area (Å²) in [7, 11) is -2.98. The second-order valence-electron chi connectivity index (χ2n) is 7.64. The molecule has 1 atom stereocenters. The van der Waals surface area contributed by atoms with Gasteiger partial charge in [-0.1, -0.05) is 13.0 Å². The lowest BCUT2D eigenvalue weighted by atomic mass is 9.97. The summed E-state index contributed by atoms with van der Waals surface area (Å²) in [5.41, 5.74) is 0. The number of thiophene rings is 1. The first-order chi connectivity index (χ1) is 13.9. The lowest BCUT2D eigenvalue weighted by molar-refractivity contribution is 0.143. The molecule has 0 aromatic carbocycles. The maximum Gasteiger partial charge on any atom is 0.191 e. The SMILES string of the molecule is CCNC(=NCC(c1cccs1)N1CCC(C)CC1)NCCOCCS(C)(=O)=O.I. The molecule has 0 amide bonds. The van der Waals surface area contributed by atoms with E-state index in [0.717, 1.165) is 31.5 Å². The van der Waals surface area contributed by atoms with Gasteiger partial charge in [0.1, 0.15) is 9.84 Å². The molecule has 30 heavy (non-hydrogen) atoms. The Morgan fingerprint density at radius 3 is 2.67 bits per heavy atom. The van der Waals surface area contributed by atoms with Crippen LogP contribution in [0.25, 0.3) is 0 Å². The zero-order valence-corrected chi connectivity index (χ0v) is 22.3. The highest BCUT2D eigenvalue weighted by Gasteiger charge is 2.25. The average Bonchev–Trinajstić information content (AvgIpc) is 3.19. The number of aliphatic imine (C=N–C) groups is 1.